The number of fused-ring (bicyclic) bond motifs is 1. The highest BCUT2D eigenvalue weighted by Gasteiger charge is 2.30. The molecule has 80 valence electrons. The maximum absolute atomic E-state index is 11.6. The van der Waals surface area contributed by atoms with Gasteiger partial charge in [-0.25, -0.2) is 4.79 Å². The van der Waals surface area contributed by atoms with Gasteiger partial charge in [0.15, 0.2) is 0 Å². The molecule has 0 spiro atoms. The van der Waals surface area contributed by atoms with E-state index >= 15 is 0 Å². The van der Waals surface area contributed by atoms with E-state index in [0.29, 0.717) is 18.5 Å². The van der Waals surface area contributed by atoms with Crippen LogP contribution in [0.15, 0.2) is 16.9 Å². The van der Waals surface area contributed by atoms with Crippen molar-refractivity contribution in [2.75, 3.05) is 7.11 Å². The minimum Gasteiger partial charge on any atom is -0.508 e. The Morgan fingerprint density at radius 3 is 3.00 bits per heavy atom. The lowest BCUT2D eigenvalue weighted by molar-refractivity contribution is -0.144. The zero-order valence-electron chi connectivity index (χ0n) is 8.27. The van der Waals surface area contributed by atoms with Crippen LogP contribution in [0.3, 0.4) is 0 Å². The van der Waals surface area contributed by atoms with Gasteiger partial charge >= 0.3 is 5.97 Å². The molecule has 5 heteroatoms. The quantitative estimate of drug-likeness (QED) is 0.671. The van der Waals surface area contributed by atoms with Gasteiger partial charge in [-0.15, -0.1) is 0 Å². The number of pyridine rings is 1. The number of esters is 1. The van der Waals surface area contributed by atoms with Gasteiger partial charge in [0.25, 0.3) is 5.56 Å². The monoisotopic (exact) mass is 209 g/mol. The molecular weight excluding hydrogens is 198 g/mol. The number of rotatable bonds is 1. The summed E-state index contributed by atoms with van der Waals surface area (Å²) in [5.41, 5.74) is 0.313. The Morgan fingerprint density at radius 2 is 2.33 bits per heavy atom. The summed E-state index contributed by atoms with van der Waals surface area (Å²) < 4.78 is 6.00. The third-order valence-corrected chi connectivity index (χ3v) is 2.59. The van der Waals surface area contributed by atoms with Crippen LogP contribution >= 0.6 is 0 Å². The number of hydrogen-bond donors (Lipinski definition) is 1. The summed E-state index contributed by atoms with van der Waals surface area (Å²) in [7, 11) is 1.30. The molecule has 5 nitrogen and oxygen atoms in total. The summed E-state index contributed by atoms with van der Waals surface area (Å²) in [5.74, 6) is -0.474. The predicted octanol–water partition coefficient (Wildman–Crippen LogP) is 0.214. The molecule has 1 N–H and O–H groups in total. The number of aromatic hydroxyl groups is 1. The topological polar surface area (TPSA) is 68.5 Å². The van der Waals surface area contributed by atoms with Crippen LogP contribution in [0.1, 0.15) is 18.2 Å². The van der Waals surface area contributed by atoms with Crippen molar-refractivity contribution in [1.29, 1.82) is 0 Å². The lowest BCUT2D eigenvalue weighted by Crippen LogP contribution is -2.27. The number of aromatic nitrogens is 1. The molecule has 0 saturated carbocycles. The van der Waals surface area contributed by atoms with Gasteiger partial charge in [-0.05, 0) is 18.9 Å². The number of hydrogen-bond acceptors (Lipinski definition) is 4. The Bertz CT molecular complexity index is 463. The molecule has 15 heavy (non-hydrogen) atoms. The zero-order valence-corrected chi connectivity index (χ0v) is 8.27. The van der Waals surface area contributed by atoms with E-state index in [-0.39, 0.29) is 11.3 Å². The summed E-state index contributed by atoms with van der Waals surface area (Å²) in [5, 5.41) is 9.23. The molecule has 2 heterocycles. The van der Waals surface area contributed by atoms with Gasteiger partial charge in [-0.2, -0.15) is 0 Å². The number of methoxy groups -OCH3 is 1. The SMILES string of the molecule is COC(=O)C1CCc2cc(O)cc(=O)n21. The van der Waals surface area contributed by atoms with Crippen molar-refractivity contribution >= 4 is 5.97 Å². The van der Waals surface area contributed by atoms with E-state index in [0.717, 1.165) is 6.07 Å². The van der Waals surface area contributed by atoms with E-state index in [1.165, 1.54) is 17.7 Å². The maximum atomic E-state index is 11.6. The Morgan fingerprint density at radius 1 is 1.60 bits per heavy atom. The first kappa shape index (κ1) is 9.76. The van der Waals surface area contributed by atoms with Crippen LogP contribution in [0.4, 0.5) is 0 Å². The van der Waals surface area contributed by atoms with Crippen LogP contribution < -0.4 is 5.56 Å². The summed E-state index contributed by atoms with van der Waals surface area (Å²) in [4.78, 5) is 22.9. The second-order valence-electron chi connectivity index (χ2n) is 3.49. The molecule has 1 aromatic heterocycles. The summed E-state index contributed by atoms with van der Waals surface area (Å²) in [6.07, 6.45) is 1.15. The van der Waals surface area contributed by atoms with E-state index in [1.807, 2.05) is 0 Å². The number of nitrogens with zero attached hydrogens (tertiary/aromatic N) is 1. The Hall–Kier alpha value is -1.78. The van der Waals surface area contributed by atoms with Crippen LogP contribution in [0.25, 0.3) is 0 Å². The van der Waals surface area contributed by atoms with Gasteiger partial charge in [0.1, 0.15) is 11.8 Å². The average molecular weight is 209 g/mol. The molecule has 1 aliphatic heterocycles. The minimum atomic E-state index is -0.543. The molecule has 1 aliphatic rings. The zero-order chi connectivity index (χ0) is 11.0. The Kier molecular flexibility index (Phi) is 2.22. The van der Waals surface area contributed by atoms with Gasteiger partial charge in [-0.1, -0.05) is 0 Å². The lowest BCUT2D eigenvalue weighted by Gasteiger charge is -2.11. The van der Waals surface area contributed by atoms with Crippen molar-refractivity contribution in [3.63, 3.8) is 0 Å². The first-order valence-electron chi connectivity index (χ1n) is 4.65. The van der Waals surface area contributed by atoms with Crippen LogP contribution in [0.5, 0.6) is 5.75 Å². The van der Waals surface area contributed by atoms with Gasteiger partial charge in [0, 0.05) is 11.8 Å². The van der Waals surface area contributed by atoms with E-state index < -0.39 is 12.0 Å². The fraction of sp³-hybridized carbons (Fsp3) is 0.400. The number of aryl methyl sites for hydroxylation is 1. The normalized spacial score (nSPS) is 18.6. The van der Waals surface area contributed by atoms with Crippen molar-refractivity contribution < 1.29 is 14.6 Å². The second kappa shape index (κ2) is 3.42. The lowest BCUT2D eigenvalue weighted by atomic mass is 10.2. The molecule has 1 unspecified atom stereocenters. The highest BCUT2D eigenvalue weighted by molar-refractivity contribution is 5.74. The third kappa shape index (κ3) is 1.49. The molecule has 0 amide bonds. The highest BCUT2D eigenvalue weighted by atomic mass is 16.5. The fourth-order valence-electron chi connectivity index (χ4n) is 1.94. The van der Waals surface area contributed by atoms with Crippen molar-refractivity contribution in [3.05, 3.63) is 28.2 Å². The molecule has 1 atom stereocenters. The van der Waals surface area contributed by atoms with Crippen molar-refractivity contribution in [2.24, 2.45) is 0 Å². The molecule has 0 saturated heterocycles. The molecule has 2 rings (SSSR count). The second-order valence-corrected chi connectivity index (χ2v) is 3.49. The molecule has 1 aromatic rings. The van der Waals surface area contributed by atoms with E-state index in [1.54, 1.807) is 0 Å². The number of carbonyl (C=O) groups excluding carboxylic acids is 1. The summed E-state index contributed by atoms with van der Waals surface area (Å²) in [6, 6.07) is 2.06. The van der Waals surface area contributed by atoms with Crippen molar-refractivity contribution in [2.45, 2.75) is 18.9 Å². The number of carbonyl (C=O) groups is 1. The van der Waals surface area contributed by atoms with Gasteiger partial charge < -0.3 is 9.84 Å². The largest absolute Gasteiger partial charge is 0.508 e. The average Bonchev–Trinajstić information content (AvgIpc) is 2.60. The van der Waals surface area contributed by atoms with Crippen LogP contribution in [0, 0.1) is 0 Å². The highest BCUT2D eigenvalue weighted by Crippen LogP contribution is 2.26. The minimum absolute atomic E-state index is 0.0586. The van der Waals surface area contributed by atoms with E-state index in [4.69, 9.17) is 0 Å². The fourth-order valence-corrected chi connectivity index (χ4v) is 1.94. The molecule has 0 bridgehead atoms. The first-order chi connectivity index (χ1) is 7.13. The van der Waals surface area contributed by atoms with E-state index in [2.05, 4.69) is 4.74 Å². The standard InChI is InChI=1S/C10H11NO4/c1-15-10(14)8-3-2-6-4-7(12)5-9(13)11(6)8/h4-5,8,12H,2-3H2,1H3. The summed E-state index contributed by atoms with van der Waals surface area (Å²) in [6.45, 7) is 0. The molecular formula is C10H11NO4. The van der Waals surface area contributed by atoms with Gasteiger partial charge in [0.05, 0.1) is 7.11 Å². The van der Waals surface area contributed by atoms with Crippen molar-refractivity contribution in [1.82, 2.24) is 4.57 Å². The van der Waals surface area contributed by atoms with Crippen LogP contribution in [-0.4, -0.2) is 22.8 Å². The Balaban J connectivity index is 2.51. The maximum Gasteiger partial charge on any atom is 0.328 e. The molecule has 0 radical (unpaired) electrons. The number of ether oxygens (including phenoxy) is 1. The van der Waals surface area contributed by atoms with Crippen LogP contribution in [-0.2, 0) is 16.0 Å². The third-order valence-electron chi connectivity index (χ3n) is 2.59. The Labute approximate surface area is 85.9 Å². The summed E-state index contributed by atoms with van der Waals surface area (Å²) >= 11 is 0. The van der Waals surface area contributed by atoms with Crippen LogP contribution in [0.2, 0.25) is 0 Å². The predicted molar refractivity (Wildman–Crippen MR) is 51.7 cm³/mol. The van der Waals surface area contributed by atoms with Crippen molar-refractivity contribution in [3.8, 4) is 5.75 Å². The van der Waals surface area contributed by atoms with E-state index in [9.17, 15) is 14.7 Å². The van der Waals surface area contributed by atoms with Gasteiger partial charge in [-0.3, -0.25) is 9.36 Å². The smallest absolute Gasteiger partial charge is 0.328 e. The molecule has 0 fully saturated rings. The first-order valence-corrected chi connectivity index (χ1v) is 4.65. The molecule has 0 aromatic carbocycles. The molecule has 0 aliphatic carbocycles. The van der Waals surface area contributed by atoms with Gasteiger partial charge in [0.2, 0.25) is 0 Å².